The summed E-state index contributed by atoms with van der Waals surface area (Å²) in [5.74, 6) is -0.533. The maximum atomic E-state index is 11.0. The van der Waals surface area contributed by atoms with Gasteiger partial charge in [-0.05, 0) is 18.1 Å². The van der Waals surface area contributed by atoms with Crippen molar-refractivity contribution in [3.05, 3.63) is 42.0 Å². The molecule has 0 spiro atoms. The third-order valence-corrected chi connectivity index (χ3v) is 1.77. The summed E-state index contributed by atoms with van der Waals surface area (Å²) in [7, 11) is 0. The topological polar surface area (TPSA) is 46.5 Å². The van der Waals surface area contributed by atoms with Crippen LogP contribution in [0.5, 0.6) is 0 Å². The van der Waals surface area contributed by atoms with Crippen LogP contribution in [0.3, 0.4) is 0 Å². The van der Waals surface area contributed by atoms with Gasteiger partial charge in [0.05, 0.1) is 0 Å². The fourth-order valence-corrected chi connectivity index (χ4v) is 1.07. The molecule has 0 saturated heterocycles. The SMILES string of the molecule is C/C(=C\C(=O)OCO)c1ccccc1. The first-order chi connectivity index (χ1) is 6.74. The zero-order valence-electron chi connectivity index (χ0n) is 7.93. The van der Waals surface area contributed by atoms with Gasteiger partial charge in [0.2, 0.25) is 0 Å². The van der Waals surface area contributed by atoms with E-state index in [0.717, 1.165) is 11.1 Å². The number of hydrogen-bond acceptors (Lipinski definition) is 3. The van der Waals surface area contributed by atoms with Crippen molar-refractivity contribution in [1.29, 1.82) is 0 Å². The van der Waals surface area contributed by atoms with Gasteiger partial charge in [-0.25, -0.2) is 4.79 Å². The molecular weight excluding hydrogens is 180 g/mol. The van der Waals surface area contributed by atoms with Gasteiger partial charge < -0.3 is 9.84 Å². The molecule has 0 aliphatic carbocycles. The van der Waals surface area contributed by atoms with Gasteiger partial charge in [0, 0.05) is 6.08 Å². The number of rotatable bonds is 3. The van der Waals surface area contributed by atoms with E-state index >= 15 is 0 Å². The molecular formula is C11H12O3. The summed E-state index contributed by atoms with van der Waals surface area (Å²) >= 11 is 0. The molecule has 1 N–H and O–H groups in total. The molecule has 1 rings (SSSR count). The second kappa shape index (κ2) is 5.19. The van der Waals surface area contributed by atoms with Crippen LogP contribution in [0, 0.1) is 0 Å². The van der Waals surface area contributed by atoms with Crippen molar-refractivity contribution in [3.63, 3.8) is 0 Å². The summed E-state index contributed by atoms with van der Waals surface area (Å²) in [5, 5.41) is 8.35. The Labute approximate surface area is 82.6 Å². The Balaban J connectivity index is 2.75. The Morgan fingerprint density at radius 3 is 2.64 bits per heavy atom. The lowest BCUT2D eigenvalue weighted by Crippen LogP contribution is -2.01. The first-order valence-corrected chi connectivity index (χ1v) is 4.25. The van der Waals surface area contributed by atoms with Crippen LogP contribution in [0.15, 0.2) is 36.4 Å². The number of aliphatic hydroxyl groups is 1. The molecule has 14 heavy (non-hydrogen) atoms. The maximum absolute atomic E-state index is 11.0. The fraction of sp³-hybridized carbons (Fsp3) is 0.182. The van der Waals surface area contributed by atoms with Crippen molar-refractivity contribution in [2.45, 2.75) is 6.92 Å². The van der Waals surface area contributed by atoms with Crippen LogP contribution in [0.1, 0.15) is 12.5 Å². The average molecular weight is 192 g/mol. The van der Waals surface area contributed by atoms with Crippen molar-refractivity contribution in [2.75, 3.05) is 6.79 Å². The Kier molecular flexibility index (Phi) is 3.88. The van der Waals surface area contributed by atoms with Crippen LogP contribution in [-0.4, -0.2) is 17.9 Å². The van der Waals surface area contributed by atoms with Gasteiger partial charge in [0.15, 0.2) is 6.79 Å². The molecule has 1 aromatic carbocycles. The van der Waals surface area contributed by atoms with E-state index < -0.39 is 12.8 Å². The van der Waals surface area contributed by atoms with Crippen LogP contribution in [0.2, 0.25) is 0 Å². The van der Waals surface area contributed by atoms with E-state index in [1.54, 1.807) is 0 Å². The molecule has 0 radical (unpaired) electrons. The molecule has 3 nitrogen and oxygen atoms in total. The monoisotopic (exact) mass is 192 g/mol. The normalized spacial score (nSPS) is 11.1. The largest absolute Gasteiger partial charge is 0.436 e. The average Bonchev–Trinajstić information content (AvgIpc) is 2.19. The van der Waals surface area contributed by atoms with Gasteiger partial charge in [-0.2, -0.15) is 0 Å². The molecule has 0 aromatic heterocycles. The van der Waals surface area contributed by atoms with Crippen molar-refractivity contribution in [2.24, 2.45) is 0 Å². The zero-order valence-corrected chi connectivity index (χ0v) is 7.93. The van der Waals surface area contributed by atoms with E-state index in [0.29, 0.717) is 0 Å². The molecule has 0 aliphatic heterocycles. The van der Waals surface area contributed by atoms with Crippen LogP contribution < -0.4 is 0 Å². The Bertz CT molecular complexity index is 328. The van der Waals surface area contributed by atoms with Crippen molar-refractivity contribution in [3.8, 4) is 0 Å². The van der Waals surface area contributed by atoms with E-state index in [-0.39, 0.29) is 0 Å². The highest BCUT2D eigenvalue weighted by Gasteiger charge is 1.99. The number of carbonyl (C=O) groups is 1. The number of benzene rings is 1. The molecule has 0 amide bonds. The minimum absolute atomic E-state index is 0.533. The molecule has 0 fully saturated rings. The number of ether oxygens (including phenoxy) is 1. The van der Waals surface area contributed by atoms with Gasteiger partial charge in [0.1, 0.15) is 0 Å². The van der Waals surface area contributed by atoms with Gasteiger partial charge in [-0.1, -0.05) is 30.3 Å². The second-order valence-electron chi connectivity index (χ2n) is 2.79. The lowest BCUT2D eigenvalue weighted by Gasteiger charge is -2.00. The summed E-state index contributed by atoms with van der Waals surface area (Å²) in [6.07, 6.45) is 1.35. The number of allylic oxidation sites excluding steroid dienone is 1. The van der Waals surface area contributed by atoms with Crippen LogP contribution >= 0.6 is 0 Å². The number of aliphatic hydroxyl groups excluding tert-OH is 1. The number of hydrogen-bond donors (Lipinski definition) is 1. The van der Waals surface area contributed by atoms with Crippen molar-refractivity contribution < 1.29 is 14.6 Å². The first kappa shape index (κ1) is 10.5. The van der Waals surface area contributed by atoms with E-state index in [1.165, 1.54) is 6.08 Å². The predicted octanol–water partition coefficient (Wildman–Crippen LogP) is 1.58. The Hall–Kier alpha value is -1.61. The smallest absolute Gasteiger partial charge is 0.333 e. The standard InChI is InChI=1S/C11H12O3/c1-9(7-11(13)14-8-12)10-5-3-2-4-6-10/h2-7,12H,8H2,1H3/b9-7+. The molecule has 1 aromatic rings. The maximum Gasteiger partial charge on any atom is 0.333 e. The number of carbonyl (C=O) groups excluding carboxylic acids is 1. The molecule has 0 saturated carbocycles. The highest BCUT2D eigenvalue weighted by molar-refractivity contribution is 5.90. The Morgan fingerprint density at radius 2 is 2.07 bits per heavy atom. The van der Waals surface area contributed by atoms with Crippen molar-refractivity contribution >= 4 is 11.5 Å². The van der Waals surface area contributed by atoms with Gasteiger partial charge in [-0.15, -0.1) is 0 Å². The fourth-order valence-electron chi connectivity index (χ4n) is 1.07. The highest BCUT2D eigenvalue weighted by Crippen LogP contribution is 2.12. The van der Waals surface area contributed by atoms with E-state index in [9.17, 15) is 4.79 Å². The second-order valence-corrected chi connectivity index (χ2v) is 2.79. The van der Waals surface area contributed by atoms with E-state index in [1.807, 2.05) is 37.3 Å². The summed E-state index contributed by atoms with van der Waals surface area (Å²) in [5.41, 5.74) is 1.77. The summed E-state index contributed by atoms with van der Waals surface area (Å²) in [6, 6.07) is 9.49. The minimum atomic E-state index is -0.586. The number of esters is 1. The summed E-state index contributed by atoms with van der Waals surface area (Å²) in [4.78, 5) is 11.0. The molecule has 0 aliphatic rings. The molecule has 3 heteroatoms. The molecule has 0 unspecified atom stereocenters. The lowest BCUT2D eigenvalue weighted by atomic mass is 10.1. The molecule has 0 atom stereocenters. The minimum Gasteiger partial charge on any atom is -0.436 e. The third kappa shape index (κ3) is 3.03. The van der Waals surface area contributed by atoms with Gasteiger partial charge in [-0.3, -0.25) is 0 Å². The van der Waals surface area contributed by atoms with Gasteiger partial charge in [0.25, 0.3) is 0 Å². The quantitative estimate of drug-likeness (QED) is 0.449. The molecule has 0 bridgehead atoms. The first-order valence-electron chi connectivity index (χ1n) is 4.25. The van der Waals surface area contributed by atoms with Crippen LogP contribution in [0.25, 0.3) is 5.57 Å². The Morgan fingerprint density at radius 1 is 1.43 bits per heavy atom. The van der Waals surface area contributed by atoms with E-state index in [2.05, 4.69) is 4.74 Å². The lowest BCUT2D eigenvalue weighted by molar-refractivity contribution is -0.145. The summed E-state index contributed by atoms with van der Waals surface area (Å²) in [6.45, 7) is 1.23. The van der Waals surface area contributed by atoms with Gasteiger partial charge >= 0.3 is 5.97 Å². The van der Waals surface area contributed by atoms with Crippen molar-refractivity contribution in [1.82, 2.24) is 0 Å². The predicted molar refractivity (Wildman–Crippen MR) is 53.3 cm³/mol. The highest BCUT2D eigenvalue weighted by atomic mass is 16.6. The molecule has 74 valence electrons. The van der Waals surface area contributed by atoms with Crippen LogP contribution in [-0.2, 0) is 9.53 Å². The van der Waals surface area contributed by atoms with Crippen LogP contribution in [0.4, 0.5) is 0 Å². The summed E-state index contributed by atoms with van der Waals surface area (Å²) < 4.78 is 4.37. The third-order valence-electron chi connectivity index (χ3n) is 1.77. The van der Waals surface area contributed by atoms with E-state index in [4.69, 9.17) is 5.11 Å². The zero-order chi connectivity index (χ0) is 10.4. The molecule has 0 heterocycles.